The van der Waals surface area contributed by atoms with Crippen LogP contribution in [0.2, 0.25) is 0 Å². The highest BCUT2D eigenvalue weighted by atomic mass is 16.5. The van der Waals surface area contributed by atoms with Crippen molar-refractivity contribution in [1.82, 2.24) is 0 Å². The predicted octanol–water partition coefficient (Wildman–Crippen LogP) is 3.42. The third-order valence-corrected chi connectivity index (χ3v) is 3.39. The van der Waals surface area contributed by atoms with Crippen LogP contribution in [-0.4, -0.2) is 10.9 Å². The first kappa shape index (κ1) is 12.5. The zero-order chi connectivity index (χ0) is 13.9. The number of carbonyl (C=O) groups excluding carboxylic acids is 1. The second-order valence-electron chi connectivity index (χ2n) is 4.69. The summed E-state index contributed by atoms with van der Waals surface area (Å²) in [6.07, 6.45) is 3.23. The smallest absolute Gasteiger partial charge is 0.197 e. The van der Waals surface area contributed by atoms with E-state index in [4.69, 9.17) is 9.84 Å². The van der Waals surface area contributed by atoms with Gasteiger partial charge in [-0.3, -0.25) is 4.79 Å². The summed E-state index contributed by atoms with van der Waals surface area (Å²) in [7, 11) is 0. The largest absolute Gasteiger partial charge is 0.516 e. The minimum atomic E-state index is -0.0112. The number of aliphatic hydroxyl groups excluding tert-OH is 1. The Balaban J connectivity index is 2.06. The third-order valence-electron chi connectivity index (χ3n) is 3.39. The molecule has 100 valence electrons. The molecule has 0 saturated carbocycles. The monoisotopic (exact) mass is 266 g/mol. The van der Waals surface area contributed by atoms with Crippen LogP contribution in [0.15, 0.2) is 54.8 Å². The quantitative estimate of drug-likeness (QED) is 0.847. The summed E-state index contributed by atoms with van der Waals surface area (Å²) < 4.78 is 5.72. The van der Waals surface area contributed by atoms with E-state index in [0.29, 0.717) is 29.9 Å². The lowest BCUT2D eigenvalue weighted by molar-refractivity contribution is 0.103. The second-order valence-corrected chi connectivity index (χ2v) is 4.69. The summed E-state index contributed by atoms with van der Waals surface area (Å²) in [5.41, 5.74) is 3.15. The zero-order valence-electron chi connectivity index (χ0n) is 10.9. The third kappa shape index (κ3) is 2.18. The molecule has 3 nitrogen and oxygen atoms in total. The molecular formula is C17H14O3. The molecule has 0 aromatic heterocycles. The molecule has 0 spiro atoms. The van der Waals surface area contributed by atoms with Gasteiger partial charge in [-0.05, 0) is 30.2 Å². The highest BCUT2D eigenvalue weighted by molar-refractivity contribution is 6.12. The van der Waals surface area contributed by atoms with Gasteiger partial charge in [-0.2, -0.15) is 0 Å². The van der Waals surface area contributed by atoms with Crippen molar-refractivity contribution in [3.63, 3.8) is 0 Å². The van der Waals surface area contributed by atoms with Crippen LogP contribution in [0.3, 0.4) is 0 Å². The van der Waals surface area contributed by atoms with Crippen molar-refractivity contribution in [3.05, 3.63) is 77.1 Å². The molecule has 0 radical (unpaired) electrons. The standard InChI is InChI=1S/C17H14O3/c18-9-3-4-12-7-8-16-15(10-12)17(19)14-6-2-1-5-13(14)11-20-16/h1-3,5-10,18H,4,11H2. The maximum atomic E-state index is 12.6. The maximum Gasteiger partial charge on any atom is 0.197 e. The van der Waals surface area contributed by atoms with Gasteiger partial charge in [0.05, 0.1) is 11.8 Å². The Morgan fingerprint density at radius 2 is 2.00 bits per heavy atom. The Labute approximate surface area is 117 Å². The van der Waals surface area contributed by atoms with Gasteiger partial charge in [0.2, 0.25) is 0 Å². The van der Waals surface area contributed by atoms with E-state index in [0.717, 1.165) is 17.4 Å². The van der Waals surface area contributed by atoms with Crippen LogP contribution in [0, 0.1) is 0 Å². The van der Waals surface area contributed by atoms with Gasteiger partial charge in [0.15, 0.2) is 5.78 Å². The number of ketones is 1. The molecule has 0 amide bonds. The Hall–Kier alpha value is -2.55. The number of hydrogen-bond acceptors (Lipinski definition) is 3. The highest BCUT2D eigenvalue weighted by Crippen LogP contribution is 2.29. The average molecular weight is 266 g/mol. The summed E-state index contributed by atoms with van der Waals surface area (Å²) in [5.74, 6) is 0.603. The number of benzene rings is 2. The Morgan fingerprint density at radius 1 is 1.15 bits per heavy atom. The molecule has 20 heavy (non-hydrogen) atoms. The summed E-state index contributed by atoms with van der Waals surface area (Å²) in [6, 6.07) is 13.1. The van der Waals surface area contributed by atoms with E-state index in [1.807, 2.05) is 42.5 Å². The minimum Gasteiger partial charge on any atom is -0.516 e. The van der Waals surface area contributed by atoms with E-state index in [9.17, 15) is 4.79 Å². The fourth-order valence-corrected chi connectivity index (χ4v) is 2.36. The molecule has 1 aliphatic heterocycles. The molecule has 2 aromatic rings. The number of fused-ring (bicyclic) bond motifs is 2. The molecule has 0 fully saturated rings. The lowest BCUT2D eigenvalue weighted by Gasteiger charge is -2.07. The Morgan fingerprint density at radius 3 is 2.85 bits per heavy atom. The molecule has 0 saturated heterocycles. The molecule has 3 rings (SSSR count). The number of rotatable bonds is 2. The minimum absolute atomic E-state index is 0.0112. The molecule has 0 unspecified atom stereocenters. The van der Waals surface area contributed by atoms with E-state index < -0.39 is 0 Å². The highest BCUT2D eigenvalue weighted by Gasteiger charge is 2.21. The number of ether oxygens (including phenoxy) is 1. The van der Waals surface area contributed by atoms with Crippen LogP contribution in [0.25, 0.3) is 0 Å². The average Bonchev–Trinajstić information content (AvgIpc) is 2.63. The fourth-order valence-electron chi connectivity index (χ4n) is 2.36. The maximum absolute atomic E-state index is 12.6. The van der Waals surface area contributed by atoms with Crippen molar-refractivity contribution >= 4 is 5.78 Å². The van der Waals surface area contributed by atoms with Crippen LogP contribution >= 0.6 is 0 Å². The van der Waals surface area contributed by atoms with Crippen molar-refractivity contribution in [3.8, 4) is 5.75 Å². The van der Waals surface area contributed by atoms with Gasteiger partial charge >= 0.3 is 0 Å². The van der Waals surface area contributed by atoms with Gasteiger partial charge < -0.3 is 9.84 Å². The van der Waals surface area contributed by atoms with Crippen LogP contribution in [0.1, 0.15) is 27.0 Å². The molecule has 2 aromatic carbocycles. The normalized spacial score (nSPS) is 13.5. The molecule has 1 aliphatic rings. The first-order chi connectivity index (χ1) is 9.79. The number of allylic oxidation sites excluding steroid dienone is 1. The van der Waals surface area contributed by atoms with Crippen molar-refractivity contribution in [2.75, 3.05) is 0 Å². The Bertz CT molecular complexity index is 686. The molecule has 0 aliphatic carbocycles. The fraction of sp³-hybridized carbons (Fsp3) is 0.118. The van der Waals surface area contributed by atoms with Crippen LogP contribution in [0.5, 0.6) is 5.75 Å². The molecule has 0 bridgehead atoms. The van der Waals surface area contributed by atoms with Crippen LogP contribution < -0.4 is 4.74 Å². The van der Waals surface area contributed by atoms with Crippen molar-refractivity contribution < 1.29 is 14.6 Å². The van der Waals surface area contributed by atoms with Gasteiger partial charge in [0.1, 0.15) is 12.4 Å². The van der Waals surface area contributed by atoms with Crippen molar-refractivity contribution in [2.24, 2.45) is 0 Å². The molecule has 1 heterocycles. The lowest BCUT2D eigenvalue weighted by atomic mass is 9.97. The van der Waals surface area contributed by atoms with E-state index in [1.54, 1.807) is 6.08 Å². The SMILES string of the molecule is O=C1c2ccccc2COc2ccc(CC=CO)cc21. The Kier molecular flexibility index (Phi) is 3.25. The lowest BCUT2D eigenvalue weighted by Crippen LogP contribution is -2.03. The van der Waals surface area contributed by atoms with Gasteiger partial charge in [-0.15, -0.1) is 0 Å². The first-order valence-electron chi connectivity index (χ1n) is 6.47. The van der Waals surface area contributed by atoms with Crippen LogP contribution in [-0.2, 0) is 13.0 Å². The summed E-state index contributed by atoms with van der Waals surface area (Å²) in [5, 5.41) is 8.72. The second kappa shape index (κ2) is 5.21. The van der Waals surface area contributed by atoms with Gasteiger partial charge in [0.25, 0.3) is 0 Å². The summed E-state index contributed by atoms with van der Waals surface area (Å²) in [6.45, 7) is 0.408. The number of carbonyl (C=O) groups is 1. The number of hydrogen-bond donors (Lipinski definition) is 1. The van der Waals surface area contributed by atoms with E-state index in [1.165, 1.54) is 0 Å². The summed E-state index contributed by atoms with van der Waals surface area (Å²) in [4.78, 5) is 12.6. The van der Waals surface area contributed by atoms with Crippen LogP contribution in [0.4, 0.5) is 0 Å². The molecule has 1 N–H and O–H groups in total. The zero-order valence-corrected chi connectivity index (χ0v) is 10.9. The van der Waals surface area contributed by atoms with Gasteiger partial charge in [-0.1, -0.05) is 30.3 Å². The van der Waals surface area contributed by atoms with E-state index in [2.05, 4.69) is 0 Å². The van der Waals surface area contributed by atoms with E-state index >= 15 is 0 Å². The molecular weight excluding hydrogens is 252 g/mol. The van der Waals surface area contributed by atoms with Gasteiger partial charge in [-0.25, -0.2) is 0 Å². The summed E-state index contributed by atoms with van der Waals surface area (Å²) >= 11 is 0. The number of aliphatic hydroxyl groups is 1. The topological polar surface area (TPSA) is 46.5 Å². The van der Waals surface area contributed by atoms with Crippen molar-refractivity contribution in [1.29, 1.82) is 0 Å². The molecule has 3 heteroatoms. The van der Waals surface area contributed by atoms with Gasteiger partial charge in [0, 0.05) is 11.1 Å². The van der Waals surface area contributed by atoms with Crippen molar-refractivity contribution in [2.45, 2.75) is 13.0 Å². The predicted molar refractivity (Wildman–Crippen MR) is 76.1 cm³/mol. The van der Waals surface area contributed by atoms with E-state index in [-0.39, 0.29) is 5.78 Å². The molecule has 0 atom stereocenters. The first-order valence-corrected chi connectivity index (χ1v) is 6.47.